The Labute approximate surface area is 175 Å². The van der Waals surface area contributed by atoms with E-state index in [0.29, 0.717) is 16.9 Å². The van der Waals surface area contributed by atoms with Gasteiger partial charge in [-0.3, -0.25) is 9.20 Å². The highest BCUT2D eigenvalue weighted by Crippen LogP contribution is 2.34. The van der Waals surface area contributed by atoms with Crippen LogP contribution in [-0.4, -0.2) is 40.8 Å². The number of fused-ring (bicyclic) bond motifs is 2. The van der Waals surface area contributed by atoms with Gasteiger partial charge in [0.1, 0.15) is 11.3 Å². The van der Waals surface area contributed by atoms with E-state index in [1.54, 1.807) is 16.7 Å². The molecule has 0 spiro atoms. The summed E-state index contributed by atoms with van der Waals surface area (Å²) in [4.78, 5) is 21.0. The molecule has 158 valence electrons. The summed E-state index contributed by atoms with van der Waals surface area (Å²) < 4.78 is 6.46. The van der Waals surface area contributed by atoms with Crippen LogP contribution in [0.4, 0.5) is 0 Å². The number of pyridine rings is 1. The second-order valence-corrected chi connectivity index (χ2v) is 7.61. The van der Waals surface area contributed by atoms with E-state index in [-0.39, 0.29) is 17.8 Å². The fraction of sp³-hybridized carbons (Fsp3) is 0.238. The standard InChI is InChI=1S/C21H19N5O5/c1-11-2-7-17-22-9-16(26(17)10-11)19(27)23-15-6-4-12-8-13(3-5-14(12)15)18-24-20(31-25-18)21(28,29)30/h2-3,5,7-10,15,28-30H,4,6H2,1H3,(H,23,27)/t15-/m1/s1. The van der Waals surface area contributed by atoms with Gasteiger partial charge >= 0.3 is 11.9 Å². The van der Waals surface area contributed by atoms with Gasteiger partial charge in [0, 0.05) is 11.8 Å². The van der Waals surface area contributed by atoms with Crippen molar-refractivity contribution in [2.75, 3.05) is 0 Å². The molecular weight excluding hydrogens is 402 g/mol. The maximum Gasteiger partial charge on any atom is 0.360 e. The molecule has 4 N–H and O–H groups in total. The predicted octanol–water partition coefficient (Wildman–Crippen LogP) is 1.20. The van der Waals surface area contributed by atoms with Crippen LogP contribution in [0.15, 0.2) is 47.2 Å². The van der Waals surface area contributed by atoms with Gasteiger partial charge in [0.25, 0.3) is 5.91 Å². The third-order valence-corrected chi connectivity index (χ3v) is 5.38. The molecule has 0 saturated heterocycles. The number of nitrogens with one attached hydrogen (secondary N) is 1. The maximum atomic E-state index is 12.9. The zero-order valence-corrected chi connectivity index (χ0v) is 16.5. The van der Waals surface area contributed by atoms with Gasteiger partial charge in [0.2, 0.25) is 5.82 Å². The van der Waals surface area contributed by atoms with Crippen molar-refractivity contribution in [2.45, 2.75) is 31.8 Å². The van der Waals surface area contributed by atoms with Crippen molar-refractivity contribution in [3.8, 4) is 11.4 Å². The summed E-state index contributed by atoms with van der Waals surface area (Å²) in [6.07, 6.45) is 4.94. The summed E-state index contributed by atoms with van der Waals surface area (Å²) in [5.41, 5.74) is 4.83. The molecule has 3 heterocycles. The van der Waals surface area contributed by atoms with Crippen LogP contribution in [0, 0.1) is 6.92 Å². The molecule has 4 aromatic rings. The van der Waals surface area contributed by atoms with Crippen LogP contribution < -0.4 is 5.32 Å². The summed E-state index contributed by atoms with van der Waals surface area (Å²) in [6, 6.07) is 9.17. The number of nitrogens with zero attached hydrogens (tertiary/aromatic N) is 4. The van der Waals surface area contributed by atoms with Crippen LogP contribution in [0.3, 0.4) is 0 Å². The minimum absolute atomic E-state index is 0.118. The Balaban J connectivity index is 1.38. The van der Waals surface area contributed by atoms with Gasteiger partial charge in [0.15, 0.2) is 0 Å². The highest BCUT2D eigenvalue weighted by molar-refractivity contribution is 5.93. The average molecular weight is 421 g/mol. The van der Waals surface area contributed by atoms with E-state index in [4.69, 9.17) is 15.3 Å². The minimum atomic E-state index is -3.19. The molecule has 10 nitrogen and oxygen atoms in total. The van der Waals surface area contributed by atoms with E-state index >= 15 is 0 Å². The molecule has 0 fully saturated rings. The first kappa shape index (κ1) is 19.4. The maximum absolute atomic E-state index is 12.9. The highest BCUT2D eigenvalue weighted by Gasteiger charge is 2.31. The SMILES string of the molecule is Cc1ccc2ncc(C(=O)N[C@@H]3CCc4cc(-c5noc(C(O)(O)O)n5)ccc43)n2c1. The number of hydrogen-bond donors (Lipinski definition) is 4. The van der Waals surface area contributed by atoms with Crippen molar-refractivity contribution < 1.29 is 24.6 Å². The second-order valence-electron chi connectivity index (χ2n) is 7.61. The largest absolute Gasteiger partial charge is 0.360 e. The van der Waals surface area contributed by atoms with Crippen LogP contribution in [0.2, 0.25) is 0 Å². The van der Waals surface area contributed by atoms with Gasteiger partial charge in [0.05, 0.1) is 12.2 Å². The number of benzene rings is 1. The van der Waals surface area contributed by atoms with Gasteiger partial charge in [-0.15, -0.1) is 0 Å². The zero-order valence-electron chi connectivity index (χ0n) is 16.5. The lowest BCUT2D eigenvalue weighted by Gasteiger charge is -2.14. The van der Waals surface area contributed by atoms with E-state index in [1.165, 1.54) is 0 Å². The Kier molecular flexibility index (Phi) is 4.36. The molecule has 1 aliphatic rings. The van der Waals surface area contributed by atoms with Crippen molar-refractivity contribution >= 4 is 11.6 Å². The lowest BCUT2D eigenvalue weighted by Crippen LogP contribution is -2.28. The molecule has 0 radical (unpaired) electrons. The average Bonchev–Trinajstić information content (AvgIpc) is 3.45. The summed E-state index contributed by atoms with van der Waals surface area (Å²) in [5.74, 6) is -3.98. The van der Waals surface area contributed by atoms with Gasteiger partial charge in [-0.2, -0.15) is 4.98 Å². The number of aromatic nitrogens is 4. The van der Waals surface area contributed by atoms with Crippen LogP contribution in [0.1, 0.15) is 45.5 Å². The Morgan fingerprint density at radius 1 is 1.26 bits per heavy atom. The van der Waals surface area contributed by atoms with Crippen LogP contribution >= 0.6 is 0 Å². The molecule has 0 aliphatic heterocycles. The Hall–Kier alpha value is -3.60. The molecule has 0 bridgehead atoms. The molecule has 5 rings (SSSR count). The van der Waals surface area contributed by atoms with Gasteiger partial charge in [-0.05, 0) is 48.6 Å². The number of carbonyl (C=O) groups excluding carboxylic acids is 1. The number of amides is 1. The number of aliphatic hydroxyl groups is 3. The summed E-state index contributed by atoms with van der Waals surface area (Å²) in [7, 11) is 0. The summed E-state index contributed by atoms with van der Waals surface area (Å²) >= 11 is 0. The van der Waals surface area contributed by atoms with Crippen LogP contribution in [0.25, 0.3) is 17.0 Å². The minimum Gasteiger partial charge on any atom is -0.344 e. The highest BCUT2D eigenvalue weighted by atomic mass is 16.7. The molecule has 10 heteroatoms. The fourth-order valence-electron chi connectivity index (χ4n) is 3.87. The van der Waals surface area contributed by atoms with Gasteiger partial charge in [-0.1, -0.05) is 23.4 Å². The molecule has 0 unspecified atom stereocenters. The Bertz CT molecular complexity index is 1300. The molecule has 3 aromatic heterocycles. The molecule has 1 amide bonds. The third kappa shape index (κ3) is 3.46. The smallest absolute Gasteiger partial charge is 0.344 e. The normalized spacial score (nSPS) is 15.9. The molecule has 31 heavy (non-hydrogen) atoms. The van der Waals surface area contributed by atoms with Gasteiger partial charge < -0.3 is 25.2 Å². The van der Waals surface area contributed by atoms with Crippen molar-refractivity contribution in [3.63, 3.8) is 0 Å². The summed E-state index contributed by atoms with van der Waals surface area (Å²) in [5, 5.41) is 34.2. The predicted molar refractivity (Wildman–Crippen MR) is 107 cm³/mol. The molecule has 0 saturated carbocycles. The zero-order chi connectivity index (χ0) is 21.8. The van der Waals surface area contributed by atoms with E-state index in [1.807, 2.05) is 37.4 Å². The number of hydrogen-bond acceptors (Lipinski definition) is 8. The monoisotopic (exact) mass is 421 g/mol. The Morgan fingerprint density at radius 2 is 2.10 bits per heavy atom. The first-order valence-electron chi connectivity index (χ1n) is 9.68. The van der Waals surface area contributed by atoms with Crippen LogP contribution in [0.5, 0.6) is 0 Å². The van der Waals surface area contributed by atoms with Crippen LogP contribution in [-0.2, 0) is 12.4 Å². The first-order valence-corrected chi connectivity index (χ1v) is 9.68. The lowest BCUT2D eigenvalue weighted by atomic mass is 10.0. The summed E-state index contributed by atoms with van der Waals surface area (Å²) in [6.45, 7) is 1.96. The van der Waals surface area contributed by atoms with E-state index in [9.17, 15) is 4.79 Å². The topological polar surface area (TPSA) is 146 Å². The molecule has 1 aliphatic carbocycles. The van der Waals surface area contributed by atoms with E-state index < -0.39 is 11.9 Å². The van der Waals surface area contributed by atoms with E-state index in [2.05, 4.69) is 25.0 Å². The lowest BCUT2D eigenvalue weighted by molar-refractivity contribution is -0.337. The quantitative estimate of drug-likeness (QED) is 0.360. The van der Waals surface area contributed by atoms with Crippen molar-refractivity contribution in [1.82, 2.24) is 24.8 Å². The van der Waals surface area contributed by atoms with Crippen molar-refractivity contribution in [2.24, 2.45) is 0 Å². The number of rotatable bonds is 4. The number of aryl methyl sites for hydroxylation is 2. The second kappa shape index (κ2) is 6.98. The van der Waals surface area contributed by atoms with Gasteiger partial charge in [-0.25, -0.2) is 4.98 Å². The third-order valence-electron chi connectivity index (χ3n) is 5.38. The fourth-order valence-corrected chi connectivity index (χ4v) is 3.87. The van der Waals surface area contributed by atoms with Crippen molar-refractivity contribution in [3.05, 3.63) is 71.0 Å². The van der Waals surface area contributed by atoms with E-state index in [0.717, 1.165) is 29.5 Å². The molecule has 1 aromatic carbocycles. The number of carbonyl (C=O) groups is 1. The van der Waals surface area contributed by atoms with Crippen molar-refractivity contribution in [1.29, 1.82) is 0 Å². The molecular formula is C21H19N5O5. The first-order chi connectivity index (χ1) is 14.8. The molecule has 1 atom stereocenters. The number of imidazole rings is 1. The Morgan fingerprint density at radius 3 is 2.87 bits per heavy atom.